The van der Waals surface area contributed by atoms with E-state index in [4.69, 9.17) is 33.0 Å². The van der Waals surface area contributed by atoms with Crippen molar-refractivity contribution in [3.05, 3.63) is 27.7 Å². The van der Waals surface area contributed by atoms with Gasteiger partial charge in [0.1, 0.15) is 0 Å². The maximum atomic E-state index is 12.1. The quantitative estimate of drug-likeness (QED) is 0.878. The number of amides is 2. The first-order valence-corrected chi connectivity index (χ1v) is 6.60. The molecule has 0 radical (unpaired) electrons. The summed E-state index contributed by atoms with van der Waals surface area (Å²) in [6.07, 6.45) is 0. The number of morpholine rings is 1. The van der Waals surface area contributed by atoms with Crippen molar-refractivity contribution in [2.24, 2.45) is 0 Å². The molecule has 2 N–H and O–H groups in total. The van der Waals surface area contributed by atoms with Gasteiger partial charge in [0.2, 0.25) is 0 Å². The van der Waals surface area contributed by atoms with E-state index in [1.54, 1.807) is 0 Å². The monoisotopic (exact) mass is 318 g/mol. The average molecular weight is 319 g/mol. The Morgan fingerprint density at radius 3 is 2.50 bits per heavy atom. The van der Waals surface area contributed by atoms with Crippen LogP contribution in [0.5, 0.6) is 0 Å². The van der Waals surface area contributed by atoms with Crippen molar-refractivity contribution in [2.45, 2.75) is 0 Å². The number of nitrogens with one attached hydrogen (secondary N) is 1. The fraction of sp³-hybridized carbons (Fsp3) is 0.333. The molecule has 2 rings (SSSR count). The molecule has 0 unspecified atom stereocenters. The molecule has 0 aromatic heterocycles. The second-order valence-corrected chi connectivity index (χ2v) is 4.99. The number of carboxylic acid groups (broad SMARTS) is 1. The number of ether oxygens (including phenoxy) is 1. The molecule has 1 aliphatic rings. The van der Waals surface area contributed by atoms with Crippen LogP contribution in [0.4, 0.5) is 10.5 Å². The van der Waals surface area contributed by atoms with Crippen LogP contribution in [0.1, 0.15) is 10.4 Å². The Kier molecular flexibility index (Phi) is 4.69. The first-order chi connectivity index (χ1) is 9.49. The first kappa shape index (κ1) is 14.9. The lowest BCUT2D eigenvalue weighted by Gasteiger charge is -2.27. The maximum absolute atomic E-state index is 12.1. The standard InChI is InChI=1S/C12H12Cl2N2O4/c13-7-5-8(11(17)18)10(9(14)6-7)15-12(19)16-1-3-20-4-2-16/h5-6H,1-4H2,(H,15,19)(H,17,18). The summed E-state index contributed by atoms with van der Waals surface area (Å²) in [4.78, 5) is 24.8. The summed E-state index contributed by atoms with van der Waals surface area (Å²) in [5, 5.41) is 11.9. The molecule has 1 fully saturated rings. The van der Waals surface area contributed by atoms with Crippen LogP contribution in [0.15, 0.2) is 12.1 Å². The first-order valence-electron chi connectivity index (χ1n) is 5.85. The lowest BCUT2D eigenvalue weighted by atomic mass is 10.2. The molecule has 0 atom stereocenters. The van der Waals surface area contributed by atoms with Crippen LogP contribution < -0.4 is 5.32 Å². The van der Waals surface area contributed by atoms with E-state index in [9.17, 15) is 9.59 Å². The molecule has 6 nitrogen and oxygen atoms in total. The number of aromatic carboxylic acids is 1. The Morgan fingerprint density at radius 2 is 1.90 bits per heavy atom. The van der Waals surface area contributed by atoms with Gasteiger partial charge < -0.3 is 20.1 Å². The van der Waals surface area contributed by atoms with Gasteiger partial charge in [-0.15, -0.1) is 0 Å². The molecular formula is C12H12Cl2N2O4. The molecule has 0 aliphatic carbocycles. The third-order valence-corrected chi connectivity index (χ3v) is 3.33. The molecule has 1 saturated heterocycles. The topological polar surface area (TPSA) is 78.9 Å². The summed E-state index contributed by atoms with van der Waals surface area (Å²) in [6.45, 7) is 1.79. The molecule has 1 aromatic carbocycles. The number of urea groups is 1. The molecule has 108 valence electrons. The predicted octanol–water partition coefficient (Wildman–Crippen LogP) is 2.56. The Morgan fingerprint density at radius 1 is 1.25 bits per heavy atom. The SMILES string of the molecule is O=C(O)c1cc(Cl)cc(Cl)c1NC(=O)N1CCOCC1. The highest BCUT2D eigenvalue weighted by atomic mass is 35.5. The van der Waals surface area contributed by atoms with Gasteiger partial charge in [0.25, 0.3) is 0 Å². The van der Waals surface area contributed by atoms with Crippen LogP contribution in [-0.2, 0) is 4.74 Å². The highest BCUT2D eigenvalue weighted by molar-refractivity contribution is 6.37. The number of carboxylic acids is 1. The number of hydrogen-bond acceptors (Lipinski definition) is 3. The fourth-order valence-electron chi connectivity index (χ4n) is 1.82. The van der Waals surface area contributed by atoms with E-state index in [-0.39, 0.29) is 21.3 Å². The van der Waals surface area contributed by atoms with Crippen LogP contribution >= 0.6 is 23.2 Å². The Balaban J connectivity index is 2.23. The minimum atomic E-state index is -1.22. The van der Waals surface area contributed by atoms with Crippen LogP contribution in [0.2, 0.25) is 10.0 Å². The second kappa shape index (κ2) is 6.30. The van der Waals surface area contributed by atoms with Gasteiger partial charge in [-0.25, -0.2) is 9.59 Å². The Labute approximate surface area is 125 Å². The maximum Gasteiger partial charge on any atom is 0.337 e. The van der Waals surface area contributed by atoms with E-state index < -0.39 is 12.0 Å². The number of benzene rings is 1. The van der Waals surface area contributed by atoms with E-state index in [0.29, 0.717) is 26.3 Å². The summed E-state index contributed by atoms with van der Waals surface area (Å²) < 4.78 is 5.14. The van der Waals surface area contributed by atoms with Gasteiger partial charge in [-0.2, -0.15) is 0 Å². The number of hydrogen-bond donors (Lipinski definition) is 2. The smallest absolute Gasteiger partial charge is 0.337 e. The van der Waals surface area contributed by atoms with E-state index >= 15 is 0 Å². The number of nitrogens with zero attached hydrogens (tertiary/aromatic N) is 1. The zero-order valence-electron chi connectivity index (χ0n) is 10.4. The molecule has 0 bridgehead atoms. The largest absolute Gasteiger partial charge is 0.478 e. The number of halogens is 2. The molecule has 1 aliphatic heterocycles. The molecular weight excluding hydrogens is 307 g/mol. The van der Waals surface area contributed by atoms with Crippen molar-refractivity contribution in [3.8, 4) is 0 Å². The average Bonchev–Trinajstić information content (AvgIpc) is 2.42. The minimum Gasteiger partial charge on any atom is -0.478 e. The van der Waals surface area contributed by atoms with Gasteiger partial charge in [-0.1, -0.05) is 23.2 Å². The van der Waals surface area contributed by atoms with Gasteiger partial charge in [0, 0.05) is 18.1 Å². The van der Waals surface area contributed by atoms with Gasteiger partial charge in [0.05, 0.1) is 29.5 Å². The van der Waals surface area contributed by atoms with Crippen molar-refractivity contribution in [1.29, 1.82) is 0 Å². The van der Waals surface area contributed by atoms with Crippen LogP contribution in [0.3, 0.4) is 0 Å². The second-order valence-electron chi connectivity index (χ2n) is 4.14. The number of carbonyl (C=O) groups is 2. The van der Waals surface area contributed by atoms with Crippen LogP contribution in [-0.4, -0.2) is 48.3 Å². The lowest BCUT2D eigenvalue weighted by molar-refractivity contribution is 0.0564. The Bertz CT molecular complexity index is 545. The number of carbonyl (C=O) groups excluding carboxylic acids is 1. The summed E-state index contributed by atoms with van der Waals surface area (Å²) in [7, 11) is 0. The third kappa shape index (κ3) is 3.33. The third-order valence-electron chi connectivity index (χ3n) is 2.82. The van der Waals surface area contributed by atoms with Crippen molar-refractivity contribution < 1.29 is 19.4 Å². The Hall–Kier alpha value is -1.50. The molecule has 20 heavy (non-hydrogen) atoms. The van der Waals surface area contributed by atoms with Crippen molar-refractivity contribution in [2.75, 3.05) is 31.6 Å². The van der Waals surface area contributed by atoms with E-state index in [2.05, 4.69) is 5.32 Å². The highest BCUT2D eigenvalue weighted by Crippen LogP contribution is 2.30. The van der Waals surface area contributed by atoms with Gasteiger partial charge in [-0.05, 0) is 12.1 Å². The highest BCUT2D eigenvalue weighted by Gasteiger charge is 2.21. The van der Waals surface area contributed by atoms with Crippen LogP contribution in [0, 0.1) is 0 Å². The summed E-state index contributed by atoms with van der Waals surface area (Å²) >= 11 is 11.7. The fourth-order valence-corrected chi connectivity index (χ4v) is 2.36. The van der Waals surface area contributed by atoms with Gasteiger partial charge in [-0.3, -0.25) is 0 Å². The predicted molar refractivity (Wildman–Crippen MR) is 74.8 cm³/mol. The van der Waals surface area contributed by atoms with Crippen molar-refractivity contribution in [3.63, 3.8) is 0 Å². The number of anilines is 1. The van der Waals surface area contributed by atoms with Gasteiger partial charge in [0.15, 0.2) is 0 Å². The van der Waals surface area contributed by atoms with Crippen molar-refractivity contribution >= 4 is 40.9 Å². The van der Waals surface area contributed by atoms with E-state index in [0.717, 1.165) is 0 Å². The molecule has 8 heteroatoms. The van der Waals surface area contributed by atoms with E-state index in [1.807, 2.05) is 0 Å². The zero-order chi connectivity index (χ0) is 14.7. The summed E-state index contributed by atoms with van der Waals surface area (Å²) in [5.41, 5.74) is -0.107. The van der Waals surface area contributed by atoms with Crippen LogP contribution in [0.25, 0.3) is 0 Å². The van der Waals surface area contributed by atoms with Crippen molar-refractivity contribution in [1.82, 2.24) is 4.90 Å². The van der Waals surface area contributed by atoms with Gasteiger partial charge >= 0.3 is 12.0 Å². The van der Waals surface area contributed by atoms with E-state index in [1.165, 1.54) is 17.0 Å². The normalized spacial score (nSPS) is 15.0. The molecule has 0 spiro atoms. The molecule has 2 amide bonds. The summed E-state index contributed by atoms with van der Waals surface area (Å²) in [5.74, 6) is -1.22. The zero-order valence-corrected chi connectivity index (χ0v) is 11.9. The molecule has 1 aromatic rings. The molecule has 1 heterocycles. The number of rotatable bonds is 2. The molecule has 0 saturated carbocycles. The summed E-state index contributed by atoms with van der Waals surface area (Å²) in [6, 6.07) is 2.20. The lowest BCUT2D eigenvalue weighted by Crippen LogP contribution is -2.43. The minimum absolute atomic E-state index is 0.0417.